The van der Waals surface area contributed by atoms with Crippen molar-refractivity contribution in [1.82, 2.24) is 0 Å². The smallest absolute Gasteiger partial charge is 0.258 e. The van der Waals surface area contributed by atoms with Crippen LogP contribution in [0.15, 0.2) is 34.8 Å². The molecule has 2 rings (SSSR count). The largest absolute Gasteiger partial charge is 0.497 e. The molecular weight excluding hydrogens is 346 g/mol. The number of rotatable bonds is 3. The number of benzene rings is 2. The predicted molar refractivity (Wildman–Crippen MR) is 79.4 cm³/mol. The van der Waals surface area contributed by atoms with Gasteiger partial charge < -0.3 is 15.8 Å². The zero-order valence-corrected chi connectivity index (χ0v) is 12.5. The number of nitrogens with one attached hydrogen (secondary N) is 1. The van der Waals surface area contributed by atoms with Gasteiger partial charge in [-0.2, -0.15) is 0 Å². The van der Waals surface area contributed by atoms with Crippen LogP contribution in [0.2, 0.25) is 0 Å². The van der Waals surface area contributed by atoms with E-state index in [1.807, 2.05) is 0 Å². The van der Waals surface area contributed by atoms with Gasteiger partial charge in [0.25, 0.3) is 5.91 Å². The van der Waals surface area contributed by atoms with E-state index in [-0.39, 0.29) is 11.3 Å². The standard InChI is InChI=1S/C14H11BrF2N2O2/c1-21-9-3-7(15)2-8(4-9)19-14(20)10-5-13(18)12(17)6-11(10)16/h2-6H,18H2,1H3,(H,19,20). The number of halogens is 3. The van der Waals surface area contributed by atoms with Crippen LogP contribution in [0, 0.1) is 11.6 Å². The number of carbonyl (C=O) groups excluding carboxylic acids is 1. The van der Waals surface area contributed by atoms with E-state index in [9.17, 15) is 13.6 Å². The van der Waals surface area contributed by atoms with Gasteiger partial charge in [0, 0.05) is 22.3 Å². The maximum Gasteiger partial charge on any atom is 0.258 e. The SMILES string of the molecule is COc1cc(Br)cc(NC(=O)c2cc(N)c(F)cc2F)c1. The predicted octanol–water partition coefficient (Wildman–Crippen LogP) is 3.57. The van der Waals surface area contributed by atoms with E-state index in [1.54, 1.807) is 18.2 Å². The van der Waals surface area contributed by atoms with Crippen LogP contribution in [0.5, 0.6) is 5.75 Å². The summed E-state index contributed by atoms with van der Waals surface area (Å²) in [5.41, 5.74) is 5.10. The minimum Gasteiger partial charge on any atom is -0.497 e. The highest BCUT2D eigenvalue weighted by Gasteiger charge is 2.15. The molecule has 0 atom stereocenters. The number of anilines is 2. The number of carbonyl (C=O) groups is 1. The molecule has 7 heteroatoms. The molecule has 3 N–H and O–H groups in total. The average molecular weight is 357 g/mol. The molecule has 0 unspecified atom stereocenters. The number of nitrogens with two attached hydrogens (primary N) is 1. The molecule has 0 aliphatic heterocycles. The molecule has 4 nitrogen and oxygen atoms in total. The van der Waals surface area contributed by atoms with Gasteiger partial charge in [0.2, 0.25) is 0 Å². The van der Waals surface area contributed by atoms with Crippen molar-refractivity contribution in [3.05, 3.63) is 52.0 Å². The first kappa shape index (κ1) is 15.2. The Kier molecular flexibility index (Phi) is 4.42. The van der Waals surface area contributed by atoms with Crippen LogP contribution in [-0.4, -0.2) is 13.0 Å². The first-order valence-electron chi connectivity index (χ1n) is 5.81. The Hall–Kier alpha value is -2.15. The summed E-state index contributed by atoms with van der Waals surface area (Å²) in [4.78, 5) is 12.0. The van der Waals surface area contributed by atoms with Crippen LogP contribution in [0.25, 0.3) is 0 Å². The van der Waals surface area contributed by atoms with E-state index in [0.29, 0.717) is 22.0 Å². The van der Waals surface area contributed by atoms with Gasteiger partial charge in [-0.1, -0.05) is 15.9 Å². The van der Waals surface area contributed by atoms with Crippen LogP contribution in [0.1, 0.15) is 10.4 Å². The summed E-state index contributed by atoms with van der Waals surface area (Å²) >= 11 is 3.26. The molecule has 0 saturated carbocycles. The summed E-state index contributed by atoms with van der Waals surface area (Å²) in [5, 5.41) is 2.49. The van der Waals surface area contributed by atoms with E-state index in [4.69, 9.17) is 10.5 Å². The molecule has 0 radical (unpaired) electrons. The number of ether oxygens (including phenoxy) is 1. The lowest BCUT2D eigenvalue weighted by molar-refractivity contribution is 0.102. The Morgan fingerprint density at radius 1 is 1.19 bits per heavy atom. The second-order valence-electron chi connectivity index (χ2n) is 4.19. The van der Waals surface area contributed by atoms with Gasteiger partial charge >= 0.3 is 0 Å². The molecule has 0 heterocycles. The molecule has 0 bridgehead atoms. The van der Waals surface area contributed by atoms with E-state index in [1.165, 1.54) is 7.11 Å². The van der Waals surface area contributed by atoms with E-state index in [0.717, 1.165) is 6.07 Å². The molecule has 0 saturated heterocycles. The van der Waals surface area contributed by atoms with Crippen LogP contribution in [0.3, 0.4) is 0 Å². The zero-order chi connectivity index (χ0) is 15.6. The average Bonchev–Trinajstić information content (AvgIpc) is 2.42. The summed E-state index contributed by atoms with van der Waals surface area (Å²) in [6, 6.07) is 6.41. The van der Waals surface area contributed by atoms with E-state index in [2.05, 4.69) is 21.2 Å². The first-order valence-corrected chi connectivity index (χ1v) is 6.60. The van der Waals surface area contributed by atoms with Crippen LogP contribution in [-0.2, 0) is 0 Å². The van der Waals surface area contributed by atoms with Crippen molar-refractivity contribution in [3.8, 4) is 5.75 Å². The number of hydrogen-bond acceptors (Lipinski definition) is 3. The van der Waals surface area contributed by atoms with E-state index >= 15 is 0 Å². The van der Waals surface area contributed by atoms with Crippen molar-refractivity contribution >= 4 is 33.2 Å². The third-order valence-electron chi connectivity index (χ3n) is 2.70. The summed E-state index contributed by atoms with van der Waals surface area (Å²) in [7, 11) is 1.48. The second kappa shape index (κ2) is 6.09. The van der Waals surface area contributed by atoms with Crippen molar-refractivity contribution in [3.63, 3.8) is 0 Å². The molecule has 21 heavy (non-hydrogen) atoms. The zero-order valence-electron chi connectivity index (χ0n) is 10.9. The van der Waals surface area contributed by atoms with Gasteiger partial charge in [0.05, 0.1) is 18.4 Å². The number of hydrogen-bond donors (Lipinski definition) is 2. The number of nitrogen functional groups attached to an aromatic ring is 1. The number of amides is 1. The summed E-state index contributed by atoms with van der Waals surface area (Å²) < 4.78 is 32.4. The summed E-state index contributed by atoms with van der Waals surface area (Å²) in [5.74, 6) is -2.12. The third-order valence-corrected chi connectivity index (χ3v) is 3.15. The van der Waals surface area contributed by atoms with Crippen molar-refractivity contribution in [2.24, 2.45) is 0 Å². The fraction of sp³-hybridized carbons (Fsp3) is 0.0714. The second-order valence-corrected chi connectivity index (χ2v) is 5.10. The Bertz CT molecular complexity index is 708. The molecule has 0 spiro atoms. The number of methoxy groups -OCH3 is 1. The topological polar surface area (TPSA) is 64.3 Å². The molecular formula is C14H11BrF2N2O2. The van der Waals surface area contributed by atoms with Gasteiger partial charge in [0.15, 0.2) is 0 Å². The minimum absolute atomic E-state index is 0.298. The third kappa shape index (κ3) is 3.49. The molecule has 1 amide bonds. The molecule has 0 aliphatic rings. The molecule has 2 aromatic rings. The van der Waals surface area contributed by atoms with Crippen molar-refractivity contribution in [2.75, 3.05) is 18.2 Å². The van der Waals surface area contributed by atoms with Gasteiger partial charge in [-0.3, -0.25) is 4.79 Å². The first-order chi connectivity index (χ1) is 9.90. The lowest BCUT2D eigenvalue weighted by Gasteiger charge is -2.09. The highest BCUT2D eigenvalue weighted by Crippen LogP contribution is 2.25. The molecule has 110 valence electrons. The van der Waals surface area contributed by atoms with Crippen LogP contribution < -0.4 is 15.8 Å². The highest BCUT2D eigenvalue weighted by atomic mass is 79.9. The molecule has 0 fully saturated rings. The van der Waals surface area contributed by atoms with Gasteiger partial charge in [-0.15, -0.1) is 0 Å². The summed E-state index contributed by atoms with van der Waals surface area (Å²) in [6.07, 6.45) is 0. The summed E-state index contributed by atoms with van der Waals surface area (Å²) in [6.45, 7) is 0. The maximum absolute atomic E-state index is 13.6. The fourth-order valence-electron chi connectivity index (χ4n) is 1.69. The van der Waals surface area contributed by atoms with Gasteiger partial charge in [-0.05, 0) is 18.2 Å². The minimum atomic E-state index is -0.985. The van der Waals surface area contributed by atoms with Gasteiger partial charge in [-0.25, -0.2) is 8.78 Å². The molecule has 2 aromatic carbocycles. The fourth-order valence-corrected chi connectivity index (χ4v) is 2.16. The molecule has 0 aliphatic carbocycles. The Labute approximate surface area is 128 Å². The lowest BCUT2D eigenvalue weighted by Crippen LogP contribution is -2.14. The maximum atomic E-state index is 13.6. The van der Waals surface area contributed by atoms with Gasteiger partial charge in [0.1, 0.15) is 17.4 Å². The highest BCUT2D eigenvalue weighted by molar-refractivity contribution is 9.10. The monoisotopic (exact) mass is 356 g/mol. The quantitative estimate of drug-likeness (QED) is 0.826. The Morgan fingerprint density at radius 3 is 2.57 bits per heavy atom. The van der Waals surface area contributed by atoms with Crippen molar-refractivity contribution in [1.29, 1.82) is 0 Å². The Balaban J connectivity index is 2.30. The lowest BCUT2D eigenvalue weighted by atomic mass is 10.1. The normalized spacial score (nSPS) is 10.3. The van der Waals surface area contributed by atoms with Crippen molar-refractivity contribution in [2.45, 2.75) is 0 Å². The van der Waals surface area contributed by atoms with Crippen molar-refractivity contribution < 1.29 is 18.3 Å². The van der Waals surface area contributed by atoms with Crippen LogP contribution in [0.4, 0.5) is 20.2 Å². The van der Waals surface area contributed by atoms with E-state index < -0.39 is 17.5 Å². The Morgan fingerprint density at radius 2 is 1.90 bits per heavy atom. The van der Waals surface area contributed by atoms with Crippen LogP contribution >= 0.6 is 15.9 Å². The molecule has 0 aromatic heterocycles.